The lowest BCUT2D eigenvalue weighted by atomic mass is 10.1. The standard InChI is InChI=1S/C10H18N2O/c1-4-8-6-12(3)7-10(13)11-9(8)5-2/h4-7H2,1-3H3,(H,11,13). The van der Waals surface area contributed by atoms with Gasteiger partial charge < -0.3 is 5.32 Å². The number of nitrogens with zero attached hydrogens (tertiary/aromatic N) is 1. The van der Waals surface area contributed by atoms with Crippen LogP contribution in [-0.4, -0.2) is 30.9 Å². The molecule has 1 amide bonds. The third-order valence-electron chi connectivity index (χ3n) is 2.37. The molecule has 0 fully saturated rings. The lowest BCUT2D eigenvalue weighted by Gasteiger charge is -2.13. The molecule has 0 saturated heterocycles. The summed E-state index contributed by atoms with van der Waals surface area (Å²) < 4.78 is 0. The number of carbonyl (C=O) groups excluding carboxylic acids is 1. The van der Waals surface area contributed by atoms with Crippen LogP contribution >= 0.6 is 0 Å². The first-order valence-corrected chi connectivity index (χ1v) is 4.86. The number of likely N-dealkylation sites (N-methyl/N-ethyl adjacent to an activating group) is 1. The maximum Gasteiger partial charge on any atom is 0.238 e. The molecule has 1 aliphatic heterocycles. The van der Waals surface area contributed by atoms with E-state index in [1.54, 1.807) is 0 Å². The fourth-order valence-electron chi connectivity index (χ4n) is 1.68. The number of hydrogen-bond donors (Lipinski definition) is 1. The molecule has 1 rings (SSSR count). The Balaban J connectivity index is 2.85. The molecule has 0 aromatic heterocycles. The normalized spacial score (nSPS) is 20.1. The Bertz CT molecular complexity index is 233. The molecule has 3 heteroatoms. The molecule has 0 bridgehead atoms. The molecule has 3 nitrogen and oxygen atoms in total. The molecule has 1 N–H and O–H groups in total. The zero-order valence-electron chi connectivity index (χ0n) is 8.68. The van der Waals surface area contributed by atoms with Crippen LogP contribution in [0.2, 0.25) is 0 Å². The first-order valence-electron chi connectivity index (χ1n) is 4.86. The van der Waals surface area contributed by atoms with Crippen LogP contribution in [0.15, 0.2) is 11.3 Å². The summed E-state index contributed by atoms with van der Waals surface area (Å²) in [6.07, 6.45) is 1.94. The predicted molar refractivity (Wildman–Crippen MR) is 53.2 cm³/mol. The molecule has 0 atom stereocenters. The van der Waals surface area contributed by atoms with Crippen LogP contribution in [0.4, 0.5) is 0 Å². The fourth-order valence-corrected chi connectivity index (χ4v) is 1.68. The van der Waals surface area contributed by atoms with Crippen LogP contribution < -0.4 is 5.32 Å². The van der Waals surface area contributed by atoms with E-state index in [4.69, 9.17) is 0 Å². The van der Waals surface area contributed by atoms with Gasteiger partial charge in [-0.2, -0.15) is 0 Å². The summed E-state index contributed by atoms with van der Waals surface area (Å²) in [5, 5.41) is 2.96. The molecule has 0 radical (unpaired) electrons. The molecule has 0 unspecified atom stereocenters. The third kappa shape index (κ3) is 2.56. The molecule has 0 aromatic rings. The highest BCUT2D eigenvalue weighted by atomic mass is 16.2. The number of amides is 1. The Morgan fingerprint density at radius 2 is 2.00 bits per heavy atom. The summed E-state index contributed by atoms with van der Waals surface area (Å²) in [7, 11) is 1.98. The van der Waals surface area contributed by atoms with E-state index in [0.717, 1.165) is 25.1 Å². The minimum absolute atomic E-state index is 0.114. The highest BCUT2D eigenvalue weighted by Crippen LogP contribution is 2.13. The van der Waals surface area contributed by atoms with Gasteiger partial charge in [0.25, 0.3) is 0 Å². The SMILES string of the molecule is CCC1=C(CC)NC(=O)CN(C)C1. The summed E-state index contributed by atoms with van der Waals surface area (Å²) in [4.78, 5) is 13.4. The van der Waals surface area contributed by atoms with Crippen molar-refractivity contribution >= 4 is 5.91 Å². The average molecular weight is 182 g/mol. The van der Waals surface area contributed by atoms with Crippen molar-refractivity contribution in [3.63, 3.8) is 0 Å². The van der Waals surface area contributed by atoms with Gasteiger partial charge in [0, 0.05) is 12.2 Å². The second kappa shape index (κ2) is 4.42. The number of allylic oxidation sites excluding steroid dienone is 1. The number of hydrogen-bond acceptors (Lipinski definition) is 2. The lowest BCUT2D eigenvalue weighted by Crippen LogP contribution is -2.31. The van der Waals surface area contributed by atoms with E-state index in [1.165, 1.54) is 5.57 Å². The van der Waals surface area contributed by atoms with E-state index in [-0.39, 0.29) is 5.91 Å². The zero-order valence-corrected chi connectivity index (χ0v) is 8.68. The molecular weight excluding hydrogens is 164 g/mol. The van der Waals surface area contributed by atoms with Crippen LogP contribution in [-0.2, 0) is 4.79 Å². The van der Waals surface area contributed by atoms with Crippen molar-refractivity contribution in [3.05, 3.63) is 11.3 Å². The van der Waals surface area contributed by atoms with Gasteiger partial charge in [0.05, 0.1) is 6.54 Å². The van der Waals surface area contributed by atoms with Gasteiger partial charge in [0.1, 0.15) is 0 Å². The second-order valence-electron chi connectivity index (χ2n) is 3.51. The van der Waals surface area contributed by atoms with Gasteiger partial charge in [0.2, 0.25) is 5.91 Å². The maximum atomic E-state index is 11.3. The van der Waals surface area contributed by atoms with E-state index < -0.39 is 0 Å². The van der Waals surface area contributed by atoms with Crippen molar-refractivity contribution < 1.29 is 4.79 Å². The van der Waals surface area contributed by atoms with Gasteiger partial charge >= 0.3 is 0 Å². The van der Waals surface area contributed by atoms with Crippen molar-refractivity contribution in [1.29, 1.82) is 0 Å². The van der Waals surface area contributed by atoms with Crippen molar-refractivity contribution in [3.8, 4) is 0 Å². The lowest BCUT2D eigenvalue weighted by molar-refractivity contribution is -0.120. The molecule has 1 heterocycles. The minimum atomic E-state index is 0.114. The minimum Gasteiger partial charge on any atom is -0.329 e. The molecule has 0 aliphatic carbocycles. The summed E-state index contributed by atoms with van der Waals surface area (Å²) in [6, 6.07) is 0. The fraction of sp³-hybridized carbons (Fsp3) is 0.700. The van der Waals surface area contributed by atoms with E-state index in [0.29, 0.717) is 6.54 Å². The molecule has 0 spiro atoms. The average Bonchev–Trinajstić information content (AvgIpc) is 2.23. The Morgan fingerprint density at radius 1 is 1.31 bits per heavy atom. The largest absolute Gasteiger partial charge is 0.329 e. The Labute approximate surface area is 79.8 Å². The van der Waals surface area contributed by atoms with E-state index in [9.17, 15) is 4.79 Å². The molecular formula is C10H18N2O. The van der Waals surface area contributed by atoms with Gasteiger partial charge in [-0.1, -0.05) is 13.8 Å². The summed E-state index contributed by atoms with van der Waals surface area (Å²) in [6.45, 7) is 5.64. The summed E-state index contributed by atoms with van der Waals surface area (Å²) in [5.41, 5.74) is 2.48. The summed E-state index contributed by atoms with van der Waals surface area (Å²) in [5.74, 6) is 0.114. The van der Waals surface area contributed by atoms with Crippen LogP contribution in [0, 0.1) is 0 Å². The number of carbonyl (C=O) groups is 1. The van der Waals surface area contributed by atoms with Crippen LogP contribution in [0.25, 0.3) is 0 Å². The van der Waals surface area contributed by atoms with Gasteiger partial charge in [-0.25, -0.2) is 0 Å². The van der Waals surface area contributed by atoms with Crippen molar-refractivity contribution in [2.45, 2.75) is 26.7 Å². The van der Waals surface area contributed by atoms with E-state index in [1.807, 2.05) is 7.05 Å². The Hall–Kier alpha value is -0.830. The molecule has 0 saturated carbocycles. The maximum absolute atomic E-state index is 11.3. The van der Waals surface area contributed by atoms with Gasteiger partial charge in [-0.05, 0) is 25.5 Å². The third-order valence-corrected chi connectivity index (χ3v) is 2.37. The molecule has 0 aromatic carbocycles. The van der Waals surface area contributed by atoms with Crippen LogP contribution in [0.3, 0.4) is 0 Å². The first kappa shape index (κ1) is 10.3. The van der Waals surface area contributed by atoms with E-state index >= 15 is 0 Å². The van der Waals surface area contributed by atoms with Gasteiger partial charge in [0.15, 0.2) is 0 Å². The van der Waals surface area contributed by atoms with Crippen molar-refractivity contribution in [2.24, 2.45) is 0 Å². The zero-order chi connectivity index (χ0) is 9.84. The quantitative estimate of drug-likeness (QED) is 0.694. The highest BCUT2D eigenvalue weighted by Gasteiger charge is 2.16. The first-order chi connectivity index (χ1) is 6.17. The molecule has 1 aliphatic rings. The Morgan fingerprint density at radius 3 is 2.54 bits per heavy atom. The van der Waals surface area contributed by atoms with Crippen LogP contribution in [0.1, 0.15) is 26.7 Å². The van der Waals surface area contributed by atoms with Gasteiger partial charge in [-0.15, -0.1) is 0 Å². The predicted octanol–water partition coefficient (Wildman–Crippen LogP) is 1.12. The Kier molecular flexibility index (Phi) is 3.48. The van der Waals surface area contributed by atoms with Crippen LogP contribution in [0.5, 0.6) is 0 Å². The number of rotatable bonds is 2. The smallest absolute Gasteiger partial charge is 0.238 e. The second-order valence-corrected chi connectivity index (χ2v) is 3.51. The highest BCUT2D eigenvalue weighted by molar-refractivity contribution is 5.80. The summed E-state index contributed by atoms with van der Waals surface area (Å²) >= 11 is 0. The van der Waals surface area contributed by atoms with Crippen molar-refractivity contribution in [2.75, 3.05) is 20.1 Å². The molecule has 74 valence electrons. The topological polar surface area (TPSA) is 32.3 Å². The number of nitrogens with one attached hydrogen (secondary N) is 1. The monoisotopic (exact) mass is 182 g/mol. The molecule has 13 heavy (non-hydrogen) atoms. The van der Waals surface area contributed by atoms with E-state index in [2.05, 4.69) is 24.1 Å². The van der Waals surface area contributed by atoms with Gasteiger partial charge in [-0.3, -0.25) is 9.69 Å². The van der Waals surface area contributed by atoms with Crippen molar-refractivity contribution in [1.82, 2.24) is 10.2 Å².